The lowest BCUT2D eigenvalue weighted by atomic mass is 10.0. The third-order valence-electron chi connectivity index (χ3n) is 6.59. The van der Waals surface area contributed by atoms with Crippen LogP contribution in [0, 0.1) is 6.92 Å². The quantitative estimate of drug-likeness (QED) is 0.593. The van der Waals surface area contributed by atoms with Gasteiger partial charge < -0.3 is 15.0 Å². The molecule has 0 amide bonds. The monoisotopic (exact) mass is 448 g/mol. The van der Waals surface area contributed by atoms with E-state index in [9.17, 15) is 9.59 Å². The van der Waals surface area contributed by atoms with Crippen molar-refractivity contribution in [2.75, 3.05) is 36.5 Å². The Morgan fingerprint density at radius 1 is 1.12 bits per heavy atom. The first-order chi connectivity index (χ1) is 16.0. The highest BCUT2D eigenvalue weighted by Crippen LogP contribution is 2.32. The maximum atomic E-state index is 13.3. The Labute approximate surface area is 191 Å². The minimum Gasteiger partial charge on any atom is -0.378 e. The fraction of sp³-hybridized carbons (Fsp3) is 0.458. The van der Waals surface area contributed by atoms with E-state index in [0.717, 1.165) is 55.7 Å². The maximum Gasteiger partial charge on any atom is 0.263 e. The number of hydrogen-bond acceptors (Lipinski definition) is 8. The molecular weight excluding hydrogens is 420 g/mol. The summed E-state index contributed by atoms with van der Waals surface area (Å²) in [6, 6.07) is 3.96. The zero-order chi connectivity index (χ0) is 22.9. The molecule has 0 aromatic carbocycles. The number of morpholine rings is 1. The average molecular weight is 449 g/mol. The number of ether oxygens (including phenoxy) is 1. The Balaban J connectivity index is 1.51. The van der Waals surface area contributed by atoms with Gasteiger partial charge in [0.2, 0.25) is 5.95 Å². The number of hydrogen-bond donors (Lipinski definition) is 1. The third kappa shape index (κ3) is 4.08. The van der Waals surface area contributed by atoms with Gasteiger partial charge in [0.15, 0.2) is 5.78 Å². The number of rotatable bonds is 5. The van der Waals surface area contributed by atoms with E-state index in [1.165, 1.54) is 6.92 Å². The summed E-state index contributed by atoms with van der Waals surface area (Å²) >= 11 is 0. The summed E-state index contributed by atoms with van der Waals surface area (Å²) in [5, 5.41) is 3.94. The lowest BCUT2D eigenvalue weighted by Crippen LogP contribution is -2.36. The van der Waals surface area contributed by atoms with E-state index >= 15 is 0 Å². The Morgan fingerprint density at radius 3 is 2.55 bits per heavy atom. The van der Waals surface area contributed by atoms with Gasteiger partial charge in [-0.2, -0.15) is 4.98 Å². The molecule has 172 valence electrons. The molecule has 2 fully saturated rings. The van der Waals surface area contributed by atoms with Crippen molar-refractivity contribution < 1.29 is 9.53 Å². The predicted octanol–water partition coefficient (Wildman–Crippen LogP) is 3.39. The van der Waals surface area contributed by atoms with E-state index in [2.05, 4.69) is 20.2 Å². The molecule has 1 saturated carbocycles. The molecule has 4 heterocycles. The second-order valence-corrected chi connectivity index (χ2v) is 8.73. The van der Waals surface area contributed by atoms with Crippen molar-refractivity contribution >= 4 is 34.3 Å². The Morgan fingerprint density at radius 2 is 1.88 bits per heavy atom. The van der Waals surface area contributed by atoms with Crippen LogP contribution in [0.25, 0.3) is 11.0 Å². The third-order valence-corrected chi connectivity index (χ3v) is 6.59. The molecule has 0 radical (unpaired) electrons. The van der Waals surface area contributed by atoms with E-state index in [0.29, 0.717) is 30.4 Å². The number of fused-ring (bicyclic) bond motifs is 1. The number of nitrogens with one attached hydrogen (secondary N) is 1. The average Bonchev–Trinajstić information content (AvgIpc) is 3.34. The standard InChI is InChI=1S/C24H28N6O3/c1-15-19-14-26-24(27-17-7-8-20(25-13-17)29-9-11-33-12-10-29)28-22(19)30(18-5-3-4-6-18)23(32)21(15)16(2)31/h7-8,13-14,18H,3-6,9-12H2,1-2H3,(H,26,27,28). The van der Waals surface area contributed by atoms with E-state index in [1.807, 2.05) is 12.1 Å². The van der Waals surface area contributed by atoms with Crippen molar-refractivity contribution in [3.8, 4) is 0 Å². The Bertz CT molecular complexity index is 1240. The van der Waals surface area contributed by atoms with Crippen LogP contribution < -0.4 is 15.8 Å². The predicted molar refractivity (Wildman–Crippen MR) is 127 cm³/mol. The van der Waals surface area contributed by atoms with Gasteiger partial charge in [-0.15, -0.1) is 0 Å². The molecule has 2 aliphatic rings. The zero-order valence-corrected chi connectivity index (χ0v) is 19.0. The number of Topliss-reactive ketones (excluding diaryl/α,β-unsaturated/α-hetero) is 1. The highest BCUT2D eigenvalue weighted by atomic mass is 16.5. The van der Waals surface area contributed by atoms with Crippen molar-refractivity contribution in [2.24, 2.45) is 0 Å². The summed E-state index contributed by atoms with van der Waals surface area (Å²) in [5.41, 5.74) is 1.96. The topological polar surface area (TPSA) is 102 Å². The number of aromatic nitrogens is 4. The van der Waals surface area contributed by atoms with Gasteiger partial charge in [-0.1, -0.05) is 12.8 Å². The van der Waals surface area contributed by atoms with Gasteiger partial charge in [0.1, 0.15) is 11.5 Å². The minimum absolute atomic E-state index is 0.0518. The summed E-state index contributed by atoms with van der Waals surface area (Å²) in [7, 11) is 0. The summed E-state index contributed by atoms with van der Waals surface area (Å²) in [6.45, 7) is 6.31. The highest BCUT2D eigenvalue weighted by molar-refractivity contribution is 5.99. The maximum absolute atomic E-state index is 13.3. The number of carbonyl (C=O) groups excluding carboxylic acids is 1. The van der Waals surface area contributed by atoms with Gasteiger partial charge in [0.05, 0.1) is 30.7 Å². The van der Waals surface area contributed by atoms with E-state index in [4.69, 9.17) is 9.72 Å². The Kier molecular flexibility index (Phi) is 5.80. The normalized spacial score (nSPS) is 17.0. The number of nitrogens with zero attached hydrogens (tertiary/aromatic N) is 5. The van der Waals surface area contributed by atoms with Crippen molar-refractivity contribution in [3.63, 3.8) is 0 Å². The molecule has 1 saturated heterocycles. The molecule has 1 aliphatic carbocycles. The number of ketones is 1. The number of carbonyl (C=O) groups is 1. The van der Waals surface area contributed by atoms with Crippen LogP contribution in [0.5, 0.6) is 0 Å². The highest BCUT2D eigenvalue weighted by Gasteiger charge is 2.25. The fourth-order valence-corrected chi connectivity index (χ4v) is 4.88. The molecule has 1 N–H and O–H groups in total. The zero-order valence-electron chi connectivity index (χ0n) is 19.0. The van der Waals surface area contributed by atoms with Gasteiger partial charge in [-0.25, -0.2) is 9.97 Å². The van der Waals surface area contributed by atoms with Gasteiger partial charge in [0, 0.05) is 30.7 Å². The first-order valence-corrected chi connectivity index (χ1v) is 11.5. The molecule has 0 spiro atoms. The van der Waals surface area contributed by atoms with Crippen LogP contribution in [0.15, 0.2) is 29.3 Å². The fourth-order valence-electron chi connectivity index (χ4n) is 4.88. The summed E-state index contributed by atoms with van der Waals surface area (Å²) in [4.78, 5) is 41.5. The number of anilines is 3. The van der Waals surface area contributed by atoms with Crippen molar-refractivity contribution in [1.82, 2.24) is 19.5 Å². The van der Waals surface area contributed by atoms with E-state index in [1.54, 1.807) is 23.9 Å². The van der Waals surface area contributed by atoms with Crippen LogP contribution in [-0.2, 0) is 4.74 Å². The Hall–Kier alpha value is -3.33. The number of aryl methyl sites for hydroxylation is 1. The molecule has 0 bridgehead atoms. The molecule has 1 aliphatic heterocycles. The molecule has 3 aromatic rings. The molecule has 3 aromatic heterocycles. The second kappa shape index (κ2) is 8.90. The van der Waals surface area contributed by atoms with Gasteiger partial charge in [-0.05, 0) is 44.4 Å². The molecule has 0 atom stereocenters. The van der Waals surface area contributed by atoms with Crippen molar-refractivity contribution in [2.45, 2.75) is 45.6 Å². The molecule has 9 nitrogen and oxygen atoms in total. The molecule has 9 heteroatoms. The molecule has 5 rings (SSSR count). The SMILES string of the molecule is CC(=O)c1c(C)c2cnc(Nc3ccc(N4CCOCC4)nc3)nc2n(C2CCCC2)c1=O. The van der Waals surface area contributed by atoms with Crippen molar-refractivity contribution in [3.05, 3.63) is 46.0 Å². The second-order valence-electron chi connectivity index (χ2n) is 8.73. The lowest BCUT2D eigenvalue weighted by Gasteiger charge is -2.27. The summed E-state index contributed by atoms with van der Waals surface area (Å²) in [5.74, 6) is 1.08. The largest absolute Gasteiger partial charge is 0.378 e. The summed E-state index contributed by atoms with van der Waals surface area (Å²) < 4.78 is 7.12. The lowest BCUT2D eigenvalue weighted by molar-refractivity contribution is 0.101. The van der Waals surface area contributed by atoms with E-state index < -0.39 is 0 Å². The summed E-state index contributed by atoms with van der Waals surface area (Å²) in [6.07, 6.45) is 7.42. The van der Waals surface area contributed by atoms with Crippen LogP contribution >= 0.6 is 0 Å². The molecule has 33 heavy (non-hydrogen) atoms. The van der Waals surface area contributed by atoms with Gasteiger partial charge in [0.25, 0.3) is 5.56 Å². The first-order valence-electron chi connectivity index (χ1n) is 11.5. The first kappa shape index (κ1) is 21.5. The molecule has 0 unspecified atom stereocenters. The minimum atomic E-state index is -0.249. The van der Waals surface area contributed by atoms with Crippen LogP contribution in [0.2, 0.25) is 0 Å². The van der Waals surface area contributed by atoms with E-state index in [-0.39, 0.29) is 22.9 Å². The van der Waals surface area contributed by atoms with Gasteiger partial charge >= 0.3 is 0 Å². The molecular formula is C24H28N6O3. The van der Waals surface area contributed by atoms with Gasteiger partial charge in [-0.3, -0.25) is 14.2 Å². The van der Waals surface area contributed by atoms with Crippen molar-refractivity contribution in [1.29, 1.82) is 0 Å². The van der Waals surface area contributed by atoms with Crippen LogP contribution in [-0.4, -0.2) is 51.6 Å². The smallest absolute Gasteiger partial charge is 0.263 e. The van der Waals surface area contributed by atoms with Crippen LogP contribution in [0.3, 0.4) is 0 Å². The van der Waals surface area contributed by atoms with Crippen LogP contribution in [0.4, 0.5) is 17.5 Å². The van der Waals surface area contributed by atoms with Crippen LogP contribution in [0.1, 0.15) is 54.6 Å². The number of pyridine rings is 2.